The van der Waals surface area contributed by atoms with Gasteiger partial charge in [0.2, 0.25) is 0 Å². The lowest BCUT2D eigenvalue weighted by Gasteiger charge is -2.06. The Balaban J connectivity index is 1.45. The van der Waals surface area contributed by atoms with E-state index in [0.717, 1.165) is 23.1 Å². The van der Waals surface area contributed by atoms with Gasteiger partial charge in [-0.2, -0.15) is 10.2 Å². The normalized spacial score (nSPS) is 10.8. The third-order valence-corrected chi connectivity index (χ3v) is 3.95. The van der Waals surface area contributed by atoms with Crippen molar-refractivity contribution in [3.05, 3.63) is 87.7 Å². The Morgan fingerprint density at radius 1 is 1.24 bits per heavy atom. The standard InChI is InChI=1S/C20H19N5O4/c1-15-2-4-17(5-3-15)14-29-19-8-6-16(7-9-19)10-21-23-20(26)13-24-12-18(11-22-24)25(27)28/h2-12H,13-14H2,1H3,(H,23,26)/b21-10+. The summed E-state index contributed by atoms with van der Waals surface area (Å²) in [7, 11) is 0. The molecule has 0 aliphatic heterocycles. The monoisotopic (exact) mass is 393 g/mol. The predicted octanol–water partition coefficient (Wildman–Crippen LogP) is 2.83. The molecule has 148 valence electrons. The van der Waals surface area contributed by atoms with E-state index in [-0.39, 0.29) is 12.2 Å². The molecule has 0 saturated heterocycles. The second kappa shape index (κ2) is 9.27. The fourth-order valence-corrected chi connectivity index (χ4v) is 2.40. The molecule has 1 aromatic heterocycles. The van der Waals surface area contributed by atoms with Gasteiger partial charge in [0, 0.05) is 0 Å². The van der Waals surface area contributed by atoms with Gasteiger partial charge in [0.1, 0.15) is 31.3 Å². The molecule has 0 atom stereocenters. The summed E-state index contributed by atoms with van der Waals surface area (Å²) in [5, 5.41) is 18.2. The molecule has 0 fully saturated rings. The minimum atomic E-state index is -0.576. The van der Waals surface area contributed by atoms with Crippen LogP contribution in [0.15, 0.2) is 66.0 Å². The molecule has 9 nitrogen and oxygen atoms in total. The maximum atomic E-state index is 11.8. The SMILES string of the molecule is Cc1ccc(COc2ccc(/C=N/NC(=O)Cn3cc([N+](=O)[O-])cn3)cc2)cc1. The molecule has 1 N–H and O–H groups in total. The van der Waals surface area contributed by atoms with Gasteiger partial charge in [-0.25, -0.2) is 5.43 Å². The number of hydrogen-bond donors (Lipinski definition) is 1. The molecule has 0 bridgehead atoms. The minimum absolute atomic E-state index is 0.170. The summed E-state index contributed by atoms with van der Waals surface area (Å²) in [6.45, 7) is 2.35. The third-order valence-electron chi connectivity index (χ3n) is 3.95. The van der Waals surface area contributed by atoms with Gasteiger partial charge in [-0.15, -0.1) is 0 Å². The number of ether oxygens (including phenoxy) is 1. The Morgan fingerprint density at radius 2 is 1.97 bits per heavy atom. The number of carbonyl (C=O) groups is 1. The molecule has 29 heavy (non-hydrogen) atoms. The molecular weight excluding hydrogens is 374 g/mol. The summed E-state index contributed by atoms with van der Waals surface area (Å²) >= 11 is 0. The van der Waals surface area contributed by atoms with Crippen molar-refractivity contribution < 1.29 is 14.5 Å². The number of aromatic nitrogens is 2. The van der Waals surface area contributed by atoms with E-state index in [9.17, 15) is 14.9 Å². The number of carbonyl (C=O) groups excluding carboxylic acids is 1. The molecular formula is C20H19N5O4. The van der Waals surface area contributed by atoms with E-state index < -0.39 is 10.8 Å². The molecule has 2 aromatic carbocycles. The van der Waals surface area contributed by atoms with Crippen LogP contribution in [-0.4, -0.2) is 26.8 Å². The van der Waals surface area contributed by atoms with Crippen LogP contribution < -0.4 is 10.2 Å². The van der Waals surface area contributed by atoms with Crippen LogP contribution in [0.3, 0.4) is 0 Å². The van der Waals surface area contributed by atoms with Crippen molar-refractivity contribution in [2.45, 2.75) is 20.1 Å². The minimum Gasteiger partial charge on any atom is -0.489 e. The van der Waals surface area contributed by atoms with Crippen LogP contribution in [0.2, 0.25) is 0 Å². The highest BCUT2D eigenvalue weighted by Crippen LogP contribution is 2.14. The quantitative estimate of drug-likeness (QED) is 0.359. The van der Waals surface area contributed by atoms with Crippen LogP contribution in [0.4, 0.5) is 5.69 Å². The average molecular weight is 393 g/mol. The summed E-state index contributed by atoms with van der Waals surface area (Å²) in [4.78, 5) is 21.8. The van der Waals surface area contributed by atoms with Crippen molar-refractivity contribution >= 4 is 17.8 Å². The van der Waals surface area contributed by atoms with Gasteiger partial charge in [0.15, 0.2) is 0 Å². The highest BCUT2D eigenvalue weighted by atomic mass is 16.6. The van der Waals surface area contributed by atoms with Gasteiger partial charge in [-0.3, -0.25) is 19.6 Å². The smallest absolute Gasteiger partial charge is 0.307 e. The maximum absolute atomic E-state index is 11.8. The molecule has 0 unspecified atom stereocenters. The molecule has 1 heterocycles. The van der Waals surface area contributed by atoms with Crippen molar-refractivity contribution in [3.8, 4) is 5.75 Å². The van der Waals surface area contributed by atoms with E-state index in [1.54, 1.807) is 0 Å². The van der Waals surface area contributed by atoms with E-state index >= 15 is 0 Å². The zero-order chi connectivity index (χ0) is 20.6. The number of hydrogen-bond acceptors (Lipinski definition) is 6. The van der Waals surface area contributed by atoms with Gasteiger partial charge >= 0.3 is 5.69 Å². The Labute approximate surface area is 166 Å². The van der Waals surface area contributed by atoms with E-state index in [2.05, 4.69) is 15.6 Å². The van der Waals surface area contributed by atoms with Crippen LogP contribution in [0.1, 0.15) is 16.7 Å². The Morgan fingerprint density at radius 3 is 2.62 bits per heavy atom. The maximum Gasteiger partial charge on any atom is 0.307 e. The summed E-state index contributed by atoms with van der Waals surface area (Å²) in [5.41, 5.74) is 5.25. The largest absolute Gasteiger partial charge is 0.489 e. The fourth-order valence-electron chi connectivity index (χ4n) is 2.40. The van der Waals surface area contributed by atoms with Gasteiger partial charge < -0.3 is 4.74 Å². The number of nitrogens with zero attached hydrogens (tertiary/aromatic N) is 4. The number of aryl methyl sites for hydroxylation is 1. The van der Waals surface area contributed by atoms with Crippen molar-refractivity contribution in [3.63, 3.8) is 0 Å². The first-order valence-corrected chi connectivity index (χ1v) is 8.77. The van der Waals surface area contributed by atoms with Crippen molar-refractivity contribution in [2.24, 2.45) is 5.10 Å². The number of amides is 1. The number of rotatable bonds is 8. The number of benzene rings is 2. The van der Waals surface area contributed by atoms with Crippen LogP contribution in [-0.2, 0) is 17.9 Å². The van der Waals surface area contributed by atoms with Crippen molar-refractivity contribution in [1.82, 2.24) is 15.2 Å². The van der Waals surface area contributed by atoms with Crippen molar-refractivity contribution in [2.75, 3.05) is 0 Å². The van der Waals surface area contributed by atoms with Gasteiger partial charge in [-0.05, 0) is 42.3 Å². The lowest BCUT2D eigenvalue weighted by atomic mass is 10.2. The fraction of sp³-hybridized carbons (Fsp3) is 0.150. The van der Waals surface area contributed by atoms with E-state index in [1.807, 2.05) is 55.5 Å². The van der Waals surface area contributed by atoms with Crippen LogP contribution in [0, 0.1) is 17.0 Å². The Kier molecular flexibility index (Phi) is 6.31. The third kappa shape index (κ3) is 5.99. The van der Waals surface area contributed by atoms with Gasteiger partial charge in [0.25, 0.3) is 5.91 Å². The highest BCUT2D eigenvalue weighted by molar-refractivity contribution is 5.82. The lowest BCUT2D eigenvalue weighted by Crippen LogP contribution is -2.23. The van der Waals surface area contributed by atoms with Crippen LogP contribution in [0.5, 0.6) is 5.75 Å². The summed E-state index contributed by atoms with van der Waals surface area (Å²) in [6.07, 6.45) is 3.75. The topological polar surface area (TPSA) is 112 Å². The summed E-state index contributed by atoms with van der Waals surface area (Å²) < 4.78 is 6.91. The lowest BCUT2D eigenvalue weighted by molar-refractivity contribution is -0.385. The first-order valence-electron chi connectivity index (χ1n) is 8.77. The van der Waals surface area contributed by atoms with E-state index in [1.165, 1.54) is 22.7 Å². The number of hydrazone groups is 1. The second-order valence-electron chi connectivity index (χ2n) is 6.29. The molecule has 0 saturated carbocycles. The molecule has 9 heteroatoms. The zero-order valence-electron chi connectivity index (χ0n) is 15.7. The van der Waals surface area contributed by atoms with Gasteiger partial charge in [0.05, 0.1) is 11.1 Å². The van der Waals surface area contributed by atoms with Crippen LogP contribution in [0.25, 0.3) is 0 Å². The molecule has 0 spiro atoms. The summed E-state index contributed by atoms with van der Waals surface area (Å²) in [6, 6.07) is 15.4. The predicted molar refractivity (Wildman–Crippen MR) is 107 cm³/mol. The average Bonchev–Trinajstić information content (AvgIpc) is 3.17. The zero-order valence-corrected chi connectivity index (χ0v) is 15.7. The number of nitro groups is 1. The highest BCUT2D eigenvalue weighted by Gasteiger charge is 2.10. The Bertz CT molecular complexity index is 1010. The molecule has 0 aliphatic rings. The first kappa shape index (κ1) is 19.7. The molecule has 1 amide bonds. The summed E-state index contributed by atoms with van der Waals surface area (Å²) in [5.74, 6) is 0.282. The van der Waals surface area contributed by atoms with Crippen LogP contribution >= 0.6 is 0 Å². The second-order valence-corrected chi connectivity index (χ2v) is 6.29. The first-order chi connectivity index (χ1) is 14.0. The van der Waals surface area contributed by atoms with E-state index in [0.29, 0.717) is 6.61 Å². The molecule has 0 radical (unpaired) electrons. The van der Waals surface area contributed by atoms with Crippen molar-refractivity contribution in [1.29, 1.82) is 0 Å². The Hall–Kier alpha value is -4.01. The molecule has 0 aliphatic carbocycles. The van der Waals surface area contributed by atoms with E-state index in [4.69, 9.17) is 4.74 Å². The van der Waals surface area contributed by atoms with Gasteiger partial charge in [-0.1, -0.05) is 29.8 Å². The number of nitrogens with one attached hydrogen (secondary N) is 1. The molecule has 3 aromatic rings. The molecule has 3 rings (SSSR count).